The highest BCUT2D eigenvalue weighted by molar-refractivity contribution is 6.34. The molecule has 1 aromatic rings. The number of carbonyl (C=O) groups excluding carboxylic acids is 1. The second-order valence-corrected chi connectivity index (χ2v) is 7.90. The van der Waals surface area contributed by atoms with Crippen LogP contribution in [0.2, 0.25) is 5.02 Å². The van der Waals surface area contributed by atoms with Crippen LogP contribution in [0.4, 0.5) is 0 Å². The zero-order chi connectivity index (χ0) is 16.9. The molecule has 2 aliphatic carbocycles. The van der Waals surface area contributed by atoms with Gasteiger partial charge in [0.1, 0.15) is 5.69 Å². The summed E-state index contributed by atoms with van der Waals surface area (Å²) in [7, 11) is 8.04. The maximum absolute atomic E-state index is 12.9. The van der Waals surface area contributed by atoms with Gasteiger partial charge in [0, 0.05) is 26.2 Å². The molecule has 0 aromatic carbocycles. The second kappa shape index (κ2) is 6.10. The quantitative estimate of drug-likeness (QED) is 0.850. The fourth-order valence-electron chi connectivity index (χ4n) is 4.49. The molecule has 1 heterocycles. The lowest BCUT2D eigenvalue weighted by Crippen LogP contribution is -2.37. The maximum atomic E-state index is 12.9. The van der Waals surface area contributed by atoms with Gasteiger partial charge in [-0.1, -0.05) is 11.6 Å². The number of carbonyl (C=O) groups is 1. The minimum atomic E-state index is -0.00719. The number of aromatic nitrogens is 2. The first kappa shape index (κ1) is 16.8. The van der Waals surface area contributed by atoms with Gasteiger partial charge in [0.05, 0.1) is 10.7 Å². The summed E-state index contributed by atoms with van der Waals surface area (Å²) in [5.74, 6) is 1.50. The predicted molar refractivity (Wildman–Crippen MR) is 91.8 cm³/mol. The Hall–Kier alpha value is -1.07. The number of amides is 1. The Morgan fingerprint density at radius 1 is 1.13 bits per heavy atom. The number of hydrogen-bond acceptors (Lipinski definition) is 3. The van der Waals surface area contributed by atoms with Gasteiger partial charge in [-0.2, -0.15) is 5.10 Å². The average Bonchev–Trinajstić information content (AvgIpc) is 3.10. The van der Waals surface area contributed by atoms with Crippen molar-refractivity contribution in [2.75, 3.05) is 21.1 Å². The van der Waals surface area contributed by atoms with E-state index in [0.29, 0.717) is 28.5 Å². The zero-order valence-corrected chi connectivity index (χ0v) is 15.5. The van der Waals surface area contributed by atoms with Crippen molar-refractivity contribution in [2.24, 2.45) is 18.9 Å². The lowest BCUT2D eigenvalue weighted by molar-refractivity contribution is 0.0715. The van der Waals surface area contributed by atoms with Gasteiger partial charge in [0.15, 0.2) is 0 Å². The average molecular weight is 339 g/mol. The van der Waals surface area contributed by atoms with E-state index in [-0.39, 0.29) is 5.91 Å². The number of nitrogens with zero attached hydrogens (tertiary/aromatic N) is 4. The molecule has 2 saturated carbocycles. The Morgan fingerprint density at radius 2 is 1.65 bits per heavy atom. The van der Waals surface area contributed by atoms with Crippen LogP contribution >= 0.6 is 11.6 Å². The van der Waals surface area contributed by atoms with Crippen LogP contribution < -0.4 is 0 Å². The van der Waals surface area contributed by atoms with Gasteiger partial charge in [-0.15, -0.1) is 0 Å². The van der Waals surface area contributed by atoms with Crippen molar-refractivity contribution in [3.8, 4) is 0 Å². The Bertz CT molecular complexity index is 598. The molecular formula is C17H27ClN4O. The number of halogens is 1. The molecule has 5 nitrogen and oxygen atoms in total. The Labute approximate surface area is 143 Å². The van der Waals surface area contributed by atoms with E-state index in [2.05, 4.69) is 24.1 Å². The first-order valence-electron chi connectivity index (χ1n) is 8.42. The minimum Gasteiger partial charge on any atom is -0.337 e. The monoisotopic (exact) mass is 338 g/mol. The highest BCUT2D eigenvalue weighted by Crippen LogP contribution is 2.46. The summed E-state index contributed by atoms with van der Waals surface area (Å²) in [6.07, 6.45) is 4.76. The fraction of sp³-hybridized carbons (Fsp3) is 0.765. The summed E-state index contributed by atoms with van der Waals surface area (Å²) in [6, 6.07) is 1.04. The standard InChI is InChI=1S/C17H27ClN4O/c1-10-15(18)16(22(5)19-10)17(23)21(4)14-8-11-6-13(20(2)3)7-12(11)9-14/h11-14H,6-9H2,1-5H3/t11-,12+,13?,14?. The third kappa shape index (κ3) is 2.89. The lowest BCUT2D eigenvalue weighted by atomic mass is 10.0. The van der Waals surface area contributed by atoms with E-state index in [1.165, 1.54) is 12.8 Å². The highest BCUT2D eigenvalue weighted by Gasteiger charge is 2.44. The summed E-state index contributed by atoms with van der Waals surface area (Å²) in [5, 5.41) is 4.74. The molecule has 23 heavy (non-hydrogen) atoms. The molecule has 2 unspecified atom stereocenters. The molecular weight excluding hydrogens is 312 g/mol. The van der Waals surface area contributed by atoms with Crippen LogP contribution in [0.3, 0.4) is 0 Å². The summed E-state index contributed by atoms with van der Waals surface area (Å²) in [6.45, 7) is 1.83. The van der Waals surface area contributed by atoms with Crippen LogP contribution in [0.25, 0.3) is 0 Å². The van der Waals surface area contributed by atoms with E-state index in [1.54, 1.807) is 11.7 Å². The lowest BCUT2D eigenvalue weighted by Gasteiger charge is -2.27. The maximum Gasteiger partial charge on any atom is 0.273 e. The van der Waals surface area contributed by atoms with Gasteiger partial charge < -0.3 is 9.80 Å². The van der Waals surface area contributed by atoms with Crippen LogP contribution in [0.5, 0.6) is 0 Å². The largest absolute Gasteiger partial charge is 0.337 e. The molecule has 0 aliphatic heterocycles. The topological polar surface area (TPSA) is 41.4 Å². The van der Waals surface area contributed by atoms with E-state index in [9.17, 15) is 4.79 Å². The number of aryl methyl sites for hydroxylation is 2. The van der Waals surface area contributed by atoms with Crippen molar-refractivity contribution in [3.63, 3.8) is 0 Å². The van der Waals surface area contributed by atoms with Gasteiger partial charge >= 0.3 is 0 Å². The Kier molecular flexibility index (Phi) is 4.45. The van der Waals surface area contributed by atoms with Crippen LogP contribution in [0, 0.1) is 18.8 Å². The van der Waals surface area contributed by atoms with Crippen molar-refractivity contribution < 1.29 is 4.79 Å². The molecule has 0 spiro atoms. The van der Waals surface area contributed by atoms with Gasteiger partial charge in [-0.25, -0.2) is 0 Å². The molecule has 6 heteroatoms. The molecule has 0 saturated heterocycles. The van der Waals surface area contributed by atoms with Crippen molar-refractivity contribution in [3.05, 3.63) is 16.4 Å². The Balaban J connectivity index is 1.69. The molecule has 1 aromatic heterocycles. The molecule has 1 amide bonds. The SMILES string of the molecule is Cc1nn(C)c(C(=O)N(C)C2C[C@H]3CC(N(C)C)C[C@H]3C2)c1Cl. The molecule has 0 N–H and O–H groups in total. The van der Waals surface area contributed by atoms with Crippen molar-refractivity contribution in [1.29, 1.82) is 0 Å². The van der Waals surface area contributed by atoms with Crippen LogP contribution in [-0.2, 0) is 7.05 Å². The van der Waals surface area contributed by atoms with E-state index >= 15 is 0 Å². The van der Waals surface area contributed by atoms with E-state index in [1.807, 2.05) is 18.9 Å². The molecule has 0 radical (unpaired) electrons. The minimum absolute atomic E-state index is 0.00719. The van der Waals surface area contributed by atoms with Gasteiger partial charge in [0.25, 0.3) is 5.91 Å². The molecule has 2 fully saturated rings. The smallest absolute Gasteiger partial charge is 0.273 e. The number of rotatable bonds is 3. The normalized spacial score (nSPS) is 30.0. The summed E-state index contributed by atoms with van der Waals surface area (Å²) in [5.41, 5.74) is 1.22. The summed E-state index contributed by atoms with van der Waals surface area (Å²) < 4.78 is 1.61. The molecule has 128 valence electrons. The third-order valence-corrected chi connectivity index (χ3v) is 6.37. The molecule has 0 bridgehead atoms. The van der Waals surface area contributed by atoms with Crippen LogP contribution in [0.15, 0.2) is 0 Å². The van der Waals surface area contributed by atoms with Crippen LogP contribution in [-0.4, -0.2) is 58.7 Å². The van der Waals surface area contributed by atoms with Crippen molar-refractivity contribution in [1.82, 2.24) is 19.6 Å². The van der Waals surface area contributed by atoms with Gasteiger partial charge in [-0.05, 0) is 58.5 Å². The molecule has 2 aliphatic rings. The van der Waals surface area contributed by atoms with E-state index in [4.69, 9.17) is 11.6 Å². The predicted octanol–water partition coefficient (Wildman–Crippen LogP) is 2.57. The van der Waals surface area contributed by atoms with E-state index < -0.39 is 0 Å². The molecule has 4 atom stereocenters. The number of hydrogen-bond donors (Lipinski definition) is 0. The van der Waals surface area contributed by atoms with Crippen molar-refractivity contribution in [2.45, 2.75) is 44.7 Å². The first-order valence-corrected chi connectivity index (χ1v) is 8.80. The van der Waals surface area contributed by atoms with Gasteiger partial charge in [0.2, 0.25) is 0 Å². The number of fused-ring (bicyclic) bond motifs is 1. The van der Waals surface area contributed by atoms with Crippen molar-refractivity contribution >= 4 is 17.5 Å². The third-order valence-electron chi connectivity index (χ3n) is 5.92. The second-order valence-electron chi connectivity index (χ2n) is 7.52. The fourth-order valence-corrected chi connectivity index (χ4v) is 4.73. The van der Waals surface area contributed by atoms with E-state index in [0.717, 1.165) is 24.7 Å². The summed E-state index contributed by atoms with van der Waals surface area (Å²) >= 11 is 6.27. The zero-order valence-electron chi connectivity index (χ0n) is 14.7. The van der Waals surface area contributed by atoms with Crippen LogP contribution in [0.1, 0.15) is 41.9 Å². The highest BCUT2D eigenvalue weighted by atomic mass is 35.5. The van der Waals surface area contributed by atoms with Gasteiger partial charge in [-0.3, -0.25) is 9.48 Å². The summed E-state index contributed by atoms with van der Waals surface area (Å²) in [4.78, 5) is 17.1. The molecule has 3 rings (SSSR count). The Morgan fingerprint density at radius 3 is 2.09 bits per heavy atom. The first-order chi connectivity index (χ1) is 10.8.